The molecule has 5 nitrogen and oxygen atoms in total. The Hall–Kier alpha value is -3.06. The van der Waals surface area contributed by atoms with E-state index in [0.717, 1.165) is 17.7 Å². The van der Waals surface area contributed by atoms with Crippen molar-refractivity contribution < 1.29 is 23.7 Å². The normalized spacial score (nSPS) is 17.8. The molecule has 1 amide bonds. The quantitative estimate of drug-likeness (QED) is 0.429. The van der Waals surface area contributed by atoms with Gasteiger partial charge in [-0.1, -0.05) is 57.2 Å². The molecule has 0 unspecified atom stereocenters. The highest BCUT2D eigenvalue weighted by molar-refractivity contribution is 5.88. The fourth-order valence-corrected chi connectivity index (χ4v) is 4.19. The van der Waals surface area contributed by atoms with Gasteiger partial charge >= 0.3 is 5.90 Å². The molecular weight excluding hydrogens is 436 g/mol. The molecule has 1 heterocycles. The van der Waals surface area contributed by atoms with Crippen LogP contribution in [0, 0.1) is 17.0 Å². The van der Waals surface area contributed by atoms with Gasteiger partial charge in [0.1, 0.15) is 24.2 Å². The smallest absolute Gasteiger partial charge is 0.346 e. The van der Waals surface area contributed by atoms with Crippen molar-refractivity contribution >= 4 is 17.4 Å². The molecule has 182 valence electrons. The molecule has 2 aromatic rings. The van der Waals surface area contributed by atoms with Crippen LogP contribution in [0.2, 0.25) is 0 Å². The van der Waals surface area contributed by atoms with Crippen molar-refractivity contribution in [1.82, 2.24) is 10.2 Å². The number of benzene rings is 2. The Morgan fingerprint density at radius 2 is 1.85 bits per heavy atom. The summed E-state index contributed by atoms with van der Waals surface area (Å²) < 4.78 is 28.5. The van der Waals surface area contributed by atoms with E-state index in [1.54, 1.807) is 4.90 Å². The highest BCUT2D eigenvalue weighted by Crippen LogP contribution is 2.37. The zero-order chi connectivity index (χ0) is 25.0. The van der Waals surface area contributed by atoms with Gasteiger partial charge in [-0.25, -0.2) is 13.8 Å². The first-order valence-electron chi connectivity index (χ1n) is 11.5. The lowest BCUT2D eigenvalue weighted by atomic mass is 9.85. The van der Waals surface area contributed by atoms with Crippen LogP contribution in [0.4, 0.5) is 8.78 Å². The van der Waals surface area contributed by atoms with Crippen LogP contribution in [0.15, 0.2) is 54.6 Å². The molecule has 0 fully saturated rings. The molecule has 3 N–H and O–H groups in total. The summed E-state index contributed by atoms with van der Waals surface area (Å²) in [6, 6.07) is 11.8. The molecule has 0 saturated carbocycles. The number of carbonyl (C=O) groups is 1. The number of amides is 1. The van der Waals surface area contributed by atoms with Crippen molar-refractivity contribution in [1.29, 1.82) is 0 Å². The molecule has 0 radical (unpaired) electrons. The third-order valence-electron chi connectivity index (χ3n) is 5.78. The molecule has 34 heavy (non-hydrogen) atoms. The second-order valence-electron chi connectivity index (χ2n) is 10.1. The third-order valence-corrected chi connectivity index (χ3v) is 5.78. The number of nitrogens with one attached hydrogen (secondary N) is 2. The van der Waals surface area contributed by atoms with Crippen LogP contribution in [0.5, 0.6) is 0 Å². The molecule has 7 heteroatoms. The Bertz CT molecular complexity index is 1080. The van der Waals surface area contributed by atoms with E-state index >= 15 is 0 Å². The monoisotopic (exact) mass is 470 g/mol. The van der Waals surface area contributed by atoms with Gasteiger partial charge in [-0.15, -0.1) is 0 Å². The minimum absolute atomic E-state index is 0.0544. The lowest BCUT2D eigenvalue weighted by Gasteiger charge is -2.36. The number of carbonyl (C=O) groups excluding carboxylic acids is 1. The fraction of sp³-hybridized carbons (Fsp3) is 0.407. The third kappa shape index (κ3) is 6.08. The largest absolute Gasteiger partial charge is 0.463 e. The van der Waals surface area contributed by atoms with Crippen molar-refractivity contribution in [2.45, 2.75) is 52.7 Å². The van der Waals surface area contributed by atoms with Crippen LogP contribution < -0.4 is 10.3 Å². The van der Waals surface area contributed by atoms with Gasteiger partial charge in [-0.05, 0) is 48.6 Å². The van der Waals surface area contributed by atoms with Crippen molar-refractivity contribution in [2.24, 2.45) is 5.41 Å². The summed E-state index contributed by atoms with van der Waals surface area (Å²) in [4.78, 5) is 18.5. The predicted octanol–water partition coefficient (Wildman–Crippen LogP) is 3.38. The highest BCUT2D eigenvalue weighted by Gasteiger charge is 2.40. The van der Waals surface area contributed by atoms with E-state index in [1.165, 1.54) is 6.07 Å². The van der Waals surface area contributed by atoms with Gasteiger partial charge in [-0.2, -0.15) is 0 Å². The van der Waals surface area contributed by atoms with Gasteiger partial charge in [0.15, 0.2) is 0 Å². The minimum atomic E-state index is -0.625. The maximum absolute atomic E-state index is 14.6. The number of rotatable bonds is 7. The first-order chi connectivity index (χ1) is 16.0. The summed E-state index contributed by atoms with van der Waals surface area (Å²) in [7, 11) is 0. The van der Waals surface area contributed by atoms with E-state index in [2.05, 4.69) is 10.3 Å². The molecule has 2 atom stereocenters. The fourth-order valence-electron chi connectivity index (χ4n) is 4.19. The van der Waals surface area contributed by atoms with E-state index in [0.29, 0.717) is 5.57 Å². The van der Waals surface area contributed by atoms with Crippen LogP contribution in [0.1, 0.15) is 51.8 Å². The summed E-state index contributed by atoms with van der Waals surface area (Å²) in [6.45, 7) is 9.92. The van der Waals surface area contributed by atoms with E-state index < -0.39 is 29.1 Å². The van der Waals surface area contributed by atoms with E-state index in [-0.39, 0.29) is 36.5 Å². The van der Waals surface area contributed by atoms with Crippen LogP contribution in [-0.2, 0) is 4.79 Å². The summed E-state index contributed by atoms with van der Waals surface area (Å²) in [5.41, 5.74) is 1.13. The number of aliphatic hydroxyl groups excluding tert-OH is 1. The second-order valence-corrected chi connectivity index (χ2v) is 10.1. The highest BCUT2D eigenvalue weighted by atomic mass is 19.1. The number of aliphatic hydroxyl groups is 1. The minimum Gasteiger partial charge on any atom is -0.463 e. The molecule has 0 aromatic heterocycles. The Morgan fingerprint density at radius 1 is 1.18 bits per heavy atom. The maximum Gasteiger partial charge on any atom is 0.346 e. The van der Waals surface area contributed by atoms with Gasteiger partial charge in [0.25, 0.3) is 0 Å². The van der Waals surface area contributed by atoms with Crippen LogP contribution in [0.3, 0.4) is 0 Å². The van der Waals surface area contributed by atoms with Crippen LogP contribution >= 0.6 is 0 Å². The molecule has 2 aromatic carbocycles. The van der Waals surface area contributed by atoms with Gasteiger partial charge < -0.3 is 10.0 Å². The average molecular weight is 471 g/mol. The number of hydrogen-bond donors (Lipinski definition) is 3. The van der Waals surface area contributed by atoms with E-state index in [1.807, 2.05) is 71.0 Å². The predicted molar refractivity (Wildman–Crippen MR) is 130 cm³/mol. The summed E-state index contributed by atoms with van der Waals surface area (Å²) in [5, 5.41) is 13.4. The Kier molecular flexibility index (Phi) is 7.87. The number of hydrogen-bond acceptors (Lipinski definition) is 2. The van der Waals surface area contributed by atoms with Gasteiger partial charge in [-0.3, -0.25) is 10.1 Å². The van der Waals surface area contributed by atoms with Gasteiger partial charge in [0, 0.05) is 12.1 Å². The number of halogens is 2. The molecule has 0 aliphatic carbocycles. The number of nitrogens with zero attached hydrogens (tertiary/aromatic N) is 1. The maximum atomic E-state index is 14.6. The Balaban J connectivity index is 1.95. The van der Waals surface area contributed by atoms with Gasteiger partial charge in [0.05, 0.1) is 12.1 Å². The first-order valence-corrected chi connectivity index (χ1v) is 11.5. The zero-order valence-electron chi connectivity index (χ0n) is 20.4. The zero-order valence-corrected chi connectivity index (χ0v) is 20.4. The molecule has 0 bridgehead atoms. The molecular formula is C27H34F2N3O2+. The first kappa shape index (κ1) is 25.6. The van der Waals surface area contributed by atoms with Crippen LogP contribution in [0.25, 0.3) is 5.57 Å². The van der Waals surface area contributed by atoms with Crippen molar-refractivity contribution in [3.05, 3.63) is 77.4 Å². The van der Waals surface area contributed by atoms with Gasteiger partial charge in [0.2, 0.25) is 5.91 Å². The summed E-state index contributed by atoms with van der Waals surface area (Å²) >= 11 is 0. The average Bonchev–Trinajstić information content (AvgIpc) is 3.20. The standard InChI is InChI=1S/C27H33F2N3O2/c1-17(2)31-24(33)15-30-25(27(3,4)5)26(34)32-16-19(21-14-20(28)11-12-22(21)29)13-23(32)18-9-7-6-8-10-18/h6-14,17,23,25,30H,15-16H2,1-5H3,(H,31,33)/p+1/t23-,25+/m0/s1. The molecule has 0 saturated heterocycles. The molecule has 1 aliphatic heterocycles. The lowest BCUT2D eigenvalue weighted by molar-refractivity contribution is -0.502. The SMILES string of the molecule is CC(C)[NH+]=C(O)CN[C@H](C(=O)N1CC(c2cc(F)ccc2F)=C[C@H]1c1ccccc1)C(C)(C)C. The topological polar surface area (TPSA) is 66.5 Å². The Morgan fingerprint density at radius 3 is 2.47 bits per heavy atom. The Labute approximate surface area is 200 Å². The summed E-state index contributed by atoms with van der Waals surface area (Å²) in [6.07, 6.45) is 1.83. The van der Waals surface area contributed by atoms with Crippen molar-refractivity contribution in [2.75, 3.05) is 13.1 Å². The van der Waals surface area contributed by atoms with E-state index in [4.69, 9.17) is 0 Å². The lowest BCUT2D eigenvalue weighted by Crippen LogP contribution is -2.79. The molecule has 0 spiro atoms. The molecule has 3 rings (SSSR count). The molecule has 1 aliphatic rings. The summed E-state index contributed by atoms with van der Waals surface area (Å²) in [5.74, 6) is -1.18. The van der Waals surface area contributed by atoms with E-state index in [9.17, 15) is 18.7 Å². The second kappa shape index (κ2) is 10.5. The van der Waals surface area contributed by atoms with Crippen LogP contribution in [-0.4, -0.2) is 47.0 Å². The van der Waals surface area contributed by atoms with Crippen molar-refractivity contribution in [3.63, 3.8) is 0 Å². The van der Waals surface area contributed by atoms with Crippen molar-refractivity contribution in [3.8, 4) is 0 Å².